The van der Waals surface area contributed by atoms with E-state index in [2.05, 4.69) is 8.37 Å². The van der Waals surface area contributed by atoms with E-state index in [1.54, 1.807) is 0 Å². The molecule has 2 heterocycles. The molecule has 7 atom stereocenters. The monoisotopic (exact) mass is 585 g/mol. The van der Waals surface area contributed by atoms with Gasteiger partial charge in [-0.2, -0.15) is 0 Å². The van der Waals surface area contributed by atoms with Gasteiger partial charge in [-0.15, -0.1) is 0 Å². The number of aliphatic hydroxyl groups excluding tert-OH is 2. The van der Waals surface area contributed by atoms with Gasteiger partial charge in [0.2, 0.25) is 20.8 Å². The van der Waals surface area contributed by atoms with Gasteiger partial charge in [0.1, 0.15) is 18.3 Å². The molecule has 34 heavy (non-hydrogen) atoms. The van der Waals surface area contributed by atoms with E-state index < -0.39 is 100 Å². The fourth-order valence-corrected chi connectivity index (χ4v) is 4.27. The van der Waals surface area contributed by atoms with Crippen LogP contribution in [0.2, 0.25) is 0 Å². The molecule has 2 rings (SSSR count). The second-order valence-corrected chi connectivity index (χ2v) is 9.67. The number of hydrogen-bond donors (Lipinski definition) is 3. The van der Waals surface area contributed by atoms with Crippen molar-refractivity contribution < 1.29 is 160 Å². The first-order valence-corrected chi connectivity index (χ1v) is 12.3. The molecule has 0 aromatic heterocycles. The van der Waals surface area contributed by atoms with Crippen molar-refractivity contribution in [3.05, 3.63) is 0 Å². The van der Waals surface area contributed by atoms with Crippen molar-refractivity contribution in [2.45, 2.75) is 49.3 Å². The zero-order chi connectivity index (χ0) is 23.6. The van der Waals surface area contributed by atoms with Crippen molar-refractivity contribution in [3.8, 4) is 0 Å². The van der Waals surface area contributed by atoms with Gasteiger partial charge in [0, 0.05) is 6.42 Å². The van der Waals surface area contributed by atoms with Crippen molar-refractivity contribution in [2.75, 3.05) is 19.8 Å². The summed E-state index contributed by atoms with van der Waals surface area (Å²) in [5.41, 5.74) is 0. The van der Waals surface area contributed by atoms with Crippen molar-refractivity contribution in [1.29, 1.82) is 0 Å². The average molecular weight is 585 g/mol. The molecule has 2 saturated heterocycles. The minimum absolute atomic E-state index is 0. The Kier molecular flexibility index (Phi) is 18.0. The Labute approximate surface area is 262 Å². The Morgan fingerprint density at radius 1 is 0.912 bits per heavy atom. The third-order valence-corrected chi connectivity index (χ3v) is 5.56. The first kappa shape index (κ1) is 38.6. The van der Waals surface area contributed by atoms with Gasteiger partial charge in [0.05, 0.1) is 38.1 Å². The smallest absolute Gasteiger partial charge is 0.735 e. The second kappa shape index (κ2) is 15.9. The number of aliphatic hydroxyl groups is 2. The van der Waals surface area contributed by atoms with E-state index in [-0.39, 0.29) is 88.7 Å². The molecule has 0 amide bonds. The van der Waals surface area contributed by atoms with Gasteiger partial charge in [-0.1, -0.05) is 0 Å². The minimum atomic E-state index is -5.24. The van der Waals surface area contributed by atoms with E-state index in [0.717, 1.165) is 0 Å². The third-order valence-electron chi connectivity index (χ3n) is 4.09. The third kappa shape index (κ3) is 14.0. The maximum atomic E-state index is 11.1. The summed E-state index contributed by atoms with van der Waals surface area (Å²) in [7, 11) is -15.5. The summed E-state index contributed by atoms with van der Waals surface area (Å²) < 4.78 is 122. The van der Waals surface area contributed by atoms with Gasteiger partial charge in [-0.3, -0.25) is 8.37 Å². The minimum Gasteiger partial charge on any atom is -0.735 e. The van der Waals surface area contributed by atoms with E-state index in [9.17, 15) is 49.1 Å². The molecule has 0 spiro atoms. The molecule has 0 radical (unpaired) electrons. The van der Waals surface area contributed by atoms with E-state index >= 15 is 0 Å². The Hall–Kier alpha value is 2.41. The van der Waals surface area contributed by atoms with Crippen LogP contribution in [0.3, 0.4) is 0 Å². The van der Waals surface area contributed by atoms with Crippen LogP contribution in [-0.2, 0) is 53.7 Å². The number of hydrogen-bond acceptors (Lipinski definition) is 16. The van der Waals surface area contributed by atoms with Crippen LogP contribution in [0.5, 0.6) is 0 Å². The molecule has 0 bridgehead atoms. The van der Waals surface area contributed by atoms with Crippen LogP contribution in [0.15, 0.2) is 0 Å². The molecule has 2 aliphatic heterocycles. The molecular formula is C11H18NNa3O16S3. The zero-order valence-corrected chi connectivity index (χ0v) is 26.7. The number of rotatable bonds is 9. The molecular weight excluding hydrogens is 567 g/mol. The van der Waals surface area contributed by atoms with Gasteiger partial charge in [0.15, 0.2) is 16.6 Å². The Bertz CT molecular complexity index is 933. The normalized spacial score (nSPS) is 32.6. The van der Waals surface area contributed by atoms with Gasteiger partial charge >= 0.3 is 88.7 Å². The van der Waals surface area contributed by atoms with E-state index in [0.29, 0.717) is 0 Å². The van der Waals surface area contributed by atoms with Crippen LogP contribution in [0, 0.1) is 0 Å². The number of ether oxygens (including phenoxy) is 3. The summed E-state index contributed by atoms with van der Waals surface area (Å²) >= 11 is 0. The standard InChI is InChI=1S/C11H21NO16S3.3Na/c13-6-1-5(2-25-30(18,19)20)26-11(9(6)12-29(15,16)17)27-7-3-24-4-8(10(7)14)28-31(21,22)23;;;/h5-14H,1-4H2,(H,15,16,17)(H,18,19,20)(H,21,22,23);;;/q;3*+1/p-3. The molecule has 0 aromatic rings. The summed E-state index contributed by atoms with van der Waals surface area (Å²) in [4.78, 5) is 0. The van der Waals surface area contributed by atoms with Gasteiger partial charge < -0.3 is 38.1 Å². The van der Waals surface area contributed by atoms with Crippen LogP contribution >= 0.6 is 0 Å². The molecule has 23 heteroatoms. The Morgan fingerprint density at radius 2 is 1.47 bits per heavy atom. The quantitative estimate of drug-likeness (QED) is 0.129. The van der Waals surface area contributed by atoms with Gasteiger partial charge in [-0.05, 0) is 0 Å². The molecule has 17 nitrogen and oxygen atoms in total. The fraction of sp³-hybridized carbons (Fsp3) is 1.00. The van der Waals surface area contributed by atoms with E-state index in [1.807, 2.05) is 0 Å². The largest absolute Gasteiger partial charge is 1.00 e. The topological polar surface area (TPSA) is 270 Å². The summed E-state index contributed by atoms with van der Waals surface area (Å²) in [5, 5.41) is 20.3. The van der Waals surface area contributed by atoms with E-state index in [4.69, 9.17) is 14.2 Å². The predicted molar refractivity (Wildman–Crippen MR) is 87.8 cm³/mol. The fourth-order valence-electron chi connectivity index (χ4n) is 2.88. The van der Waals surface area contributed by atoms with E-state index in [1.165, 1.54) is 4.72 Å². The number of nitrogens with one attached hydrogen (secondary N) is 1. The molecule has 0 aliphatic carbocycles. The molecule has 0 saturated carbocycles. The van der Waals surface area contributed by atoms with Crippen LogP contribution < -0.4 is 93.4 Å². The SMILES string of the molecule is O=S(=O)([O-])NC1C(O)CC(COS(=O)(=O)[O-])OC1OC1COCC(OS(=O)(=O)[O-])C1O.[Na+].[Na+].[Na+]. The van der Waals surface area contributed by atoms with Crippen molar-refractivity contribution >= 4 is 31.1 Å². The molecule has 2 aliphatic rings. The predicted octanol–water partition coefficient (Wildman–Crippen LogP) is -14.0. The van der Waals surface area contributed by atoms with Crippen LogP contribution in [0.1, 0.15) is 6.42 Å². The first-order valence-electron chi connectivity index (χ1n) is 8.26. The Morgan fingerprint density at radius 3 is 1.97 bits per heavy atom. The second-order valence-electron chi connectivity index (χ2n) is 6.47. The summed E-state index contributed by atoms with van der Waals surface area (Å²) in [6.45, 7) is -1.86. The summed E-state index contributed by atoms with van der Waals surface area (Å²) in [6, 6.07) is -1.76. The zero-order valence-electron chi connectivity index (χ0n) is 18.2. The van der Waals surface area contributed by atoms with Crippen molar-refractivity contribution in [2.24, 2.45) is 0 Å². The van der Waals surface area contributed by atoms with Crippen molar-refractivity contribution in [1.82, 2.24) is 4.72 Å². The van der Waals surface area contributed by atoms with Gasteiger partial charge in [-0.25, -0.2) is 30.0 Å². The maximum absolute atomic E-state index is 11.1. The van der Waals surface area contributed by atoms with Crippen molar-refractivity contribution in [3.63, 3.8) is 0 Å². The van der Waals surface area contributed by atoms with Crippen LogP contribution in [0.4, 0.5) is 0 Å². The average Bonchev–Trinajstić information content (AvgIpc) is 2.57. The van der Waals surface area contributed by atoms with Crippen LogP contribution in [0.25, 0.3) is 0 Å². The molecule has 0 aromatic carbocycles. The molecule has 184 valence electrons. The molecule has 3 N–H and O–H groups in total. The molecule has 2 fully saturated rings. The van der Waals surface area contributed by atoms with Gasteiger partial charge in [0.25, 0.3) is 0 Å². The van der Waals surface area contributed by atoms with Crippen LogP contribution in [-0.4, -0.2) is 112 Å². The summed E-state index contributed by atoms with van der Waals surface area (Å²) in [5.74, 6) is 0. The molecule has 7 unspecified atom stereocenters. The maximum Gasteiger partial charge on any atom is 1.00 e. The summed E-state index contributed by atoms with van der Waals surface area (Å²) in [6.07, 6.45) is -10.4. The first-order chi connectivity index (χ1) is 14.0. The Balaban J connectivity index is 0.